The van der Waals surface area contributed by atoms with Crippen molar-refractivity contribution in [3.05, 3.63) is 84.7 Å². The Bertz CT molecular complexity index is 1530. The molecule has 3 aromatic rings. The van der Waals surface area contributed by atoms with E-state index in [0.29, 0.717) is 24.3 Å². The molecule has 2 aliphatic rings. The first-order chi connectivity index (χ1) is 20.1. The average molecular weight is 591 g/mol. The van der Waals surface area contributed by atoms with Gasteiger partial charge >= 0.3 is 6.09 Å². The third-order valence-corrected chi connectivity index (χ3v) is 9.32. The SMILES string of the molecule is CC(C)CC(NC(=O)Oc1ccc(-c2ccccc2)cc1)C(=O)N1CCC2C1C(=O)CN2S(=O)(=O)Cc1ccccn1. The first-order valence-corrected chi connectivity index (χ1v) is 15.6. The summed E-state index contributed by atoms with van der Waals surface area (Å²) < 4.78 is 33.1. The van der Waals surface area contributed by atoms with Gasteiger partial charge in [0.15, 0.2) is 5.78 Å². The molecule has 0 aliphatic carbocycles. The number of benzene rings is 2. The molecule has 3 unspecified atom stereocenters. The van der Waals surface area contributed by atoms with Crippen molar-refractivity contribution < 1.29 is 27.5 Å². The monoisotopic (exact) mass is 590 g/mol. The second-order valence-corrected chi connectivity index (χ2v) is 12.9. The molecule has 1 aromatic heterocycles. The quantitative estimate of drug-likeness (QED) is 0.403. The zero-order valence-electron chi connectivity index (χ0n) is 23.5. The van der Waals surface area contributed by atoms with Gasteiger partial charge in [-0.05, 0) is 54.2 Å². The molecule has 3 atom stereocenters. The number of nitrogens with zero attached hydrogens (tertiary/aromatic N) is 3. The number of ether oxygens (including phenoxy) is 1. The standard InChI is InChI=1S/C31H34N4O6S/c1-21(2)18-26(33-31(38)41-25-13-11-23(12-14-25)22-8-4-3-5-9-22)30(37)34-17-15-27-29(34)28(36)19-35(27)42(39,40)20-24-10-6-7-16-32-24/h3-14,16,21,26-27,29H,15,17-20H2,1-2H3,(H,33,38). The Morgan fingerprint density at radius 3 is 2.36 bits per heavy atom. The van der Waals surface area contributed by atoms with Gasteiger partial charge in [0.05, 0.1) is 18.3 Å². The number of hydrogen-bond donors (Lipinski definition) is 1. The number of rotatable bonds is 9. The molecule has 0 saturated carbocycles. The van der Waals surface area contributed by atoms with Gasteiger partial charge in [-0.2, -0.15) is 4.31 Å². The number of Topliss-reactive ketones (excluding diaryl/α,β-unsaturated/α-hetero) is 1. The topological polar surface area (TPSA) is 126 Å². The number of likely N-dealkylation sites (tertiary alicyclic amines) is 1. The van der Waals surface area contributed by atoms with E-state index in [4.69, 9.17) is 4.74 Å². The molecule has 42 heavy (non-hydrogen) atoms. The summed E-state index contributed by atoms with van der Waals surface area (Å²) in [6, 6.07) is 19.4. The molecule has 220 valence electrons. The first-order valence-electron chi connectivity index (χ1n) is 14.0. The molecule has 5 rings (SSSR count). The van der Waals surface area contributed by atoms with Crippen LogP contribution in [-0.2, 0) is 25.4 Å². The van der Waals surface area contributed by atoms with Crippen LogP contribution in [0.1, 0.15) is 32.4 Å². The maximum absolute atomic E-state index is 13.7. The van der Waals surface area contributed by atoms with E-state index in [1.165, 1.54) is 15.4 Å². The van der Waals surface area contributed by atoms with Crippen LogP contribution in [0.3, 0.4) is 0 Å². The lowest BCUT2D eigenvalue weighted by atomic mass is 10.0. The number of sulfonamides is 1. The second-order valence-electron chi connectivity index (χ2n) is 11.0. The molecule has 1 N–H and O–H groups in total. The number of carbonyl (C=O) groups excluding carboxylic acids is 3. The lowest BCUT2D eigenvalue weighted by molar-refractivity contribution is -0.138. The number of nitrogens with one attached hydrogen (secondary N) is 1. The maximum atomic E-state index is 13.7. The molecule has 0 bridgehead atoms. The highest BCUT2D eigenvalue weighted by Crippen LogP contribution is 2.33. The van der Waals surface area contributed by atoms with Crippen molar-refractivity contribution >= 4 is 27.8 Å². The molecule has 2 fully saturated rings. The number of amides is 2. The molecule has 0 radical (unpaired) electrons. The molecule has 11 heteroatoms. The summed E-state index contributed by atoms with van der Waals surface area (Å²) in [4.78, 5) is 45.2. The van der Waals surface area contributed by atoms with E-state index in [-0.39, 0.29) is 30.5 Å². The van der Waals surface area contributed by atoms with E-state index in [1.54, 1.807) is 30.3 Å². The average Bonchev–Trinajstić information content (AvgIpc) is 3.55. The zero-order valence-corrected chi connectivity index (χ0v) is 24.4. The van der Waals surface area contributed by atoms with Gasteiger partial charge in [0.1, 0.15) is 23.6 Å². The predicted octanol–water partition coefficient (Wildman–Crippen LogP) is 3.64. The van der Waals surface area contributed by atoms with Crippen molar-refractivity contribution in [2.45, 2.75) is 50.6 Å². The number of pyridine rings is 1. The molecular weight excluding hydrogens is 556 g/mol. The van der Waals surface area contributed by atoms with E-state index >= 15 is 0 Å². The lowest BCUT2D eigenvalue weighted by Crippen LogP contribution is -2.53. The van der Waals surface area contributed by atoms with Crippen LogP contribution in [0.15, 0.2) is 79.0 Å². The fourth-order valence-electron chi connectivity index (χ4n) is 5.65. The molecule has 2 saturated heterocycles. The van der Waals surface area contributed by atoms with Gasteiger partial charge < -0.3 is 15.0 Å². The number of carbonyl (C=O) groups is 3. The largest absolute Gasteiger partial charge is 0.413 e. The van der Waals surface area contributed by atoms with Crippen molar-refractivity contribution in [3.63, 3.8) is 0 Å². The molecule has 2 amide bonds. The Kier molecular flexibility index (Phi) is 8.69. The Labute approximate surface area is 245 Å². The third-order valence-electron chi connectivity index (χ3n) is 7.54. The van der Waals surface area contributed by atoms with Crippen LogP contribution in [-0.4, -0.2) is 71.6 Å². The van der Waals surface area contributed by atoms with Gasteiger partial charge in [-0.15, -0.1) is 0 Å². The molecule has 3 heterocycles. The van der Waals surface area contributed by atoms with Crippen molar-refractivity contribution in [1.82, 2.24) is 19.5 Å². The highest BCUT2D eigenvalue weighted by molar-refractivity contribution is 7.88. The second kappa shape index (κ2) is 12.4. The summed E-state index contributed by atoms with van der Waals surface area (Å²) in [6.07, 6.45) is 1.39. The van der Waals surface area contributed by atoms with Gasteiger partial charge in [0.2, 0.25) is 15.9 Å². The maximum Gasteiger partial charge on any atom is 0.413 e. The summed E-state index contributed by atoms with van der Waals surface area (Å²) in [5, 5.41) is 2.68. The molecule has 10 nitrogen and oxygen atoms in total. The number of ketones is 1. The number of hydrogen-bond acceptors (Lipinski definition) is 7. The van der Waals surface area contributed by atoms with Crippen molar-refractivity contribution in [3.8, 4) is 16.9 Å². The van der Waals surface area contributed by atoms with Gasteiger partial charge in [-0.1, -0.05) is 62.4 Å². The predicted molar refractivity (Wildman–Crippen MR) is 157 cm³/mol. The van der Waals surface area contributed by atoms with Crippen molar-refractivity contribution in [2.24, 2.45) is 5.92 Å². The summed E-state index contributed by atoms with van der Waals surface area (Å²) in [6.45, 7) is 3.77. The van der Waals surface area contributed by atoms with E-state index in [0.717, 1.165) is 11.1 Å². The summed E-state index contributed by atoms with van der Waals surface area (Å²) in [5.41, 5.74) is 2.38. The van der Waals surface area contributed by atoms with Crippen molar-refractivity contribution in [1.29, 1.82) is 0 Å². The minimum absolute atomic E-state index is 0.0531. The fraction of sp³-hybridized carbons (Fsp3) is 0.355. The van der Waals surface area contributed by atoms with Crippen LogP contribution in [0.2, 0.25) is 0 Å². The van der Waals surface area contributed by atoms with Crippen LogP contribution >= 0.6 is 0 Å². The highest BCUT2D eigenvalue weighted by Gasteiger charge is 2.54. The highest BCUT2D eigenvalue weighted by atomic mass is 32.2. The Morgan fingerprint density at radius 1 is 1.00 bits per heavy atom. The van der Waals surface area contributed by atoms with Crippen LogP contribution < -0.4 is 10.1 Å². The summed E-state index contributed by atoms with van der Waals surface area (Å²) in [5.74, 6) is -0.709. The molecule has 2 aliphatic heterocycles. The fourth-order valence-corrected chi connectivity index (χ4v) is 7.32. The van der Waals surface area contributed by atoms with Gasteiger partial charge in [-0.3, -0.25) is 14.6 Å². The minimum atomic E-state index is -3.84. The Balaban J connectivity index is 1.25. The van der Waals surface area contributed by atoms with E-state index in [2.05, 4.69) is 10.3 Å². The Hall–Kier alpha value is -4.09. The van der Waals surface area contributed by atoms with E-state index in [1.807, 2.05) is 56.3 Å². The number of fused-ring (bicyclic) bond motifs is 1. The van der Waals surface area contributed by atoms with E-state index < -0.39 is 40.1 Å². The van der Waals surface area contributed by atoms with Crippen molar-refractivity contribution in [2.75, 3.05) is 13.1 Å². The van der Waals surface area contributed by atoms with Gasteiger partial charge in [-0.25, -0.2) is 13.2 Å². The van der Waals surface area contributed by atoms with Gasteiger partial charge in [0.25, 0.3) is 0 Å². The smallest absolute Gasteiger partial charge is 0.410 e. The number of aromatic nitrogens is 1. The zero-order chi connectivity index (χ0) is 29.9. The minimum Gasteiger partial charge on any atom is -0.410 e. The normalized spacial score (nSPS) is 19.5. The van der Waals surface area contributed by atoms with Crippen LogP contribution in [0.5, 0.6) is 5.75 Å². The first kappa shape index (κ1) is 29.4. The molecule has 2 aromatic carbocycles. The van der Waals surface area contributed by atoms with Crippen LogP contribution in [0.4, 0.5) is 4.79 Å². The van der Waals surface area contributed by atoms with Gasteiger partial charge in [0, 0.05) is 12.7 Å². The summed E-state index contributed by atoms with van der Waals surface area (Å²) in [7, 11) is -3.84. The molecular formula is C31H34N4O6S. The Morgan fingerprint density at radius 2 is 1.69 bits per heavy atom. The third kappa shape index (κ3) is 6.52. The lowest BCUT2D eigenvalue weighted by Gasteiger charge is -2.28. The van der Waals surface area contributed by atoms with E-state index in [9.17, 15) is 22.8 Å². The molecule has 0 spiro atoms. The van der Waals surface area contributed by atoms with Crippen LogP contribution in [0.25, 0.3) is 11.1 Å². The van der Waals surface area contributed by atoms with Crippen LogP contribution in [0, 0.1) is 5.92 Å². The summed E-state index contributed by atoms with van der Waals surface area (Å²) >= 11 is 0.